The Hall–Kier alpha value is -2.01. The topological polar surface area (TPSA) is 50.4 Å². The third-order valence-corrected chi connectivity index (χ3v) is 3.77. The summed E-state index contributed by atoms with van der Waals surface area (Å²) in [6.07, 6.45) is 0.722. The zero-order chi connectivity index (χ0) is 15.8. The maximum atomic E-state index is 11.9. The van der Waals surface area contributed by atoms with Gasteiger partial charge in [-0.25, -0.2) is 4.79 Å². The van der Waals surface area contributed by atoms with Gasteiger partial charge in [0.2, 0.25) is 0 Å². The first-order valence-corrected chi connectivity index (χ1v) is 8.00. The highest BCUT2D eigenvalue weighted by molar-refractivity contribution is 9.10. The first-order valence-electron chi connectivity index (χ1n) is 7.20. The zero-order valence-electron chi connectivity index (χ0n) is 12.4. The molecule has 2 N–H and O–H groups in total. The molecule has 0 radical (unpaired) electrons. The summed E-state index contributed by atoms with van der Waals surface area (Å²) >= 11 is 3.40. The molecule has 0 heterocycles. The van der Waals surface area contributed by atoms with Gasteiger partial charge in [0.25, 0.3) is 0 Å². The molecule has 22 heavy (non-hydrogen) atoms. The minimum atomic E-state index is -0.221. The van der Waals surface area contributed by atoms with Gasteiger partial charge in [0.1, 0.15) is 5.75 Å². The van der Waals surface area contributed by atoms with Gasteiger partial charge < -0.3 is 15.4 Å². The fraction of sp³-hybridized carbons (Fsp3) is 0.235. The highest BCUT2D eigenvalue weighted by atomic mass is 79.9. The summed E-state index contributed by atoms with van der Waals surface area (Å²) in [6, 6.07) is 15.2. The maximum Gasteiger partial charge on any atom is 0.319 e. The van der Waals surface area contributed by atoms with Crippen molar-refractivity contribution in [2.24, 2.45) is 0 Å². The number of rotatable bonds is 6. The Morgan fingerprint density at radius 3 is 2.64 bits per heavy atom. The molecule has 2 amide bonds. The van der Waals surface area contributed by atoms with Gasteiger partial charge in [-0.15, -0.1) is 0 Å². The second-order valence-electron chi connectivity index (χ2n) is 4.65. The van der Waals surface area contributed by atoms with E-state index in [2.05, 4.69) is 26.6 Å². The molecule has 116 valence electrons. The number of para-hydroxylation sites is 2. The molecule has 2 aromatic carbocycles. The smallest absolute Gasteiger partial charge is 0.319 e. The van der Waals surface area contributed by atoms with E-state index in [4.69, 9.17) is 4.74 Å². The molecule has 0 fully saturated rings. The van der Waals surface area contributed by atoms with Crippen LogP contribution in [0.25, 0.3) is 0 Å². The molecule has 0 aliphatic heterocycles. The second-order valence-corrected chi connectivity index (χ2v) is 5.51. The number of ether oxygens (including phenoxy) is 1. The maximum absolute atomic E-state index is 11.9. The van der Waals surface area contributed by atoms with Crippen molar-refractivity contribution in [1.29, 1.82) is 0 Å². The highest BCUT2D eigenvalue weighted by Gasteiger charge is 2.06. The second kappa shape index (κ2) is 8.44. The van der Waals surface area contributed by atoms with Crippen molar-refractivity contribution in [3.05, 3.63) is 58.6 Å². The lowest BCUT2D eigenvalue weighted by atomic mass is 10.1. The number of nitrogens with one attached hydrogen (secondary N) is 2. The van der Waals surface area contributed by atoms with Crippen LogP contribution in [-0.2, 0) is 6.42 Å². The molecule has 0 unspecified atom stereocenters. The molecule has 5 heteroatoms. The van der Waals surface area contributed by atoms with E-state index in [0.717, 1.165) is 27.9 Å². The summed E-state index contributed by atoms with van der Waals surface area (Å²) in [7, 11) is 0. The normalized spacial score (nSPS) is 10.1. The van der Waals surface area contributed by atoms with Crippen LogP contribution in [0, 0.1) is 0 Å². The van der Waals surface area contributed by atoms with Gasteiger partial charge in [-0.2, -0.15) is 0 Å². The van der Waals surface area contributed by atoms with Crippen molar-refractivity contribution in [2.75, 3.05) is 18.5 Å². The van der Waals surface area contributed by atoms with Gasteiger partial charge in [0.15, 0.2) is 0 Å². The molecular formula is C17H19BrN2O2. The van der Waals surface area contributed by atoms with Crippen molar-refractivity contribution < 1.29 is 9.53 Å². The van der Waals surface area contributed by atoms with E-state index in [1.165, 1.54) is 0 Å². The first kappa shape index (κ1) is 16.4. The van der Waals surface area contributed by atoms with Gasteiger partial charge in [-0.3, -0.25) is 0 Å². The first-order chi connectivity index (χ1) is 10.7. The van der Waals surface area contributed by atoms with E-state index >= 15 is 0 Å². The highest BCUT2D eigenvalue weighted by Crippen LogP contribution is 2.21. The Labute approximate surface area is 139 Å². The van der Waals surface area contributed by atoms with E-state index in [-0.39, 0.29) is 6.03 Å². The molecule has 0 bridgehead atoms. The van der Waals surface area contributed by atoms with Crippen LogP contribution in [0.5, 0.6) is 5.75 Å². The van der Waals surface area contributed by atoms with E-state index in [1.807, 2.05) is 55.5 Å². The lowest BCUT2D eigenvalue weighted by molar-refractivity contribution is 0.252. The quantitative estimate of drug-likeness (QED) is 0.808. The number of halogens is 1. The number of amides is 2. The van der Waals surface area contributed by atoms with Gasteiger partial charge in [-0.1, -0.05) is 30.3 Å². The number of hydrogen-bond acceptors (Lipinski definition) is 2. The summed E-state index contributed by atoms with van der Waals surface area (Å²) in [6.45, 7) is 3.13. The number of hydrogen-bond donors (Lipinski definition) is 2. The molecule has 0 aliphatic rings. The van der Waals surface area contributed by atoms with Crippen LogP contribution in [0.3, 0.4) is 0 Å². The molecule has 0 saturated heterocycles. The monoisotopic (exact) mass is 362 g/mol. The average molecular weight is 363 g/mol. The van der Waals surface area contributed by atoms with Crippen molar-refractivity contribution in [2.45, 2.75) is 13.3 Å². The molecule has 0 saturated carbocycles. The third kappa shape index (κ3) is 4.77. The van der Waals surface area contributed by atoms with Crippen LogP contribution in [0.4, 0.5) is 10.5 Å². The molecule has 2 aromatic rings. The zero-order valence-corrected chi connectivity index (χ0v) is 14.0. The van der Waals surface area contributed by atoms with Crippen LogP contribution in [0.15, 0.2) is 53.0 Å². The fourth-order valence-corrected chi connectivity index (χ4v) is 2.43. The summed E-state index contributed by atoms with van der Waals surface area (Å²) in [5.41, 5.74) is 1.83. The van der Waals surface area contributed by atoms with Gasteiger partial charge in [0.05, 0.1) is 12.3 Å². The van der Waals surface area contributed by atoms with E-state index in [9.17, 15) is 4.79 Å². The predicted octanol–water partition coefficient (Wildman–Crippen LogP) is 4.21. The lowest BCUT2D eigenvalue weighted by Gasteiger charge is -2.11. The van der Waals surface area contributed by atoms with E-state index < -0.39 is 0 Å². The Morgan fingerprint density at radius 2 is 1.86 bits per heavy atom. The summed E-state index contributed by atoms with van der Waals surface area (Å²) < 4.78 is 6.42. The number of anilines is 1. The molecule has 4 nitrogen and oxygen atoms in total. The van der Waals surface area contributed by atoms with E-state index in [1.54, 1.807) is 0 Å². The Balaban J connectivity index is 1.84. The summed E-state index contributed by atoms with van der Waals surface area (Å²) in [5.74, 6) is 0.873. The van der Waals surface area contributed by atoms with Crippen LogP contribution < -0.4 is 15.4 Å². The molecule has 2 rings (SSSR count). The van der Waals surface area contributed by atoms with Gasteiger partial charge in [0, 0.05) is 11.0 Å². The number of carbonyl (C=O) groups excluding carboxylic acids is 1. The van der Waals surface area contributed by atoms with Crippen LogP contribution in [-0.4, -0.2) is 19.2 Å². The largest absolute Gasteiger partial charge is 0.494 e. The van der Waals surface area contributed by atoms with Crippen LogP contribution >= 0.6 is 15.9 Å². The molecular weight excluding hydrogens is 344 g/mol. The van der Waals surface area contributed by atoms with Gasteiger partial charge in [-0.05, 0) is 53.0 Å². The Bertz CT molecular complexity index is 632. The minimum absolute atomic E-state index is 0.221. The summed E-state index contributed by atoms with van der Waals surface area (Å²) in [4.78, 5) is 11.9. The Morgan fingerprint density at radius 1 is 1.14 bits per heavy atom. The molecule has 0 atom stereocenters. The van der Waals surface area contributed by atoms with Crippen molar-refractivity contribution in [3.63, 3.8) is 0 Å². The fourth-order valence-electron chi connectivity index (χ4n) is 2.05. The average Bonchev–Trinajstić information content (AvgIpc) is 2.51. The molecule has 0 spiro atoms. The van der Waals surface area contributed by atoms with Crippen molar-refractivity contribution in [1.82, 2.24) is 5.32 Å². The molecule has 0 aliphatic carbocycles. The van der Waals surface area contributed by atoms with E-state index in [0.29, 0.717) is 13.2 Å². The minimum Gasteiger partial charge on any atom is -0.494 e. The SMILES string of the molecule is CCOc1ccccc1CCNC(=O)Nc1ccccc1Br. The van der Waals surface area contributed by atoms with Crippen molar-refractivity contribution >= 4 is 27.6 Å². The Kier molecular flexibility index (Phi) is 6.27. The van der Waals surface area contributed by atoms with Gasteiger partial charge >= 0.3 is 6.03 Å². The van der Waals surface area contributed by atoms with Crippen LogP contribution in [0.1, 0.15) is 12.5 Å². The van der Waals surface area contributed by atoms with Crippen molar-refractivity contribution in [3.8, 4) is 5.75 Å². The standard InChI is InChI=1S/C17H19BrN2O2/c1-2-22-16-10-6-3-7-13(16)11-12-19-17(21)20-15-9-5-4-8-14(15)18/h3-10H,2,11-12H2,1H3,(H2,19,20,21). The summed E-state index contributed by atoms with van der Waals surface area (Å²) in [5, 5.41) is 5.66. The predicted molar refractivity (Wildman–Crippen MR) is 92.5 cm³/mol. The molecule has 0 aromatic heterocycles. The number of carbonyl (C=O) groups is 1. The lowest BCUT2D eigenvalue weighted by Crippen LogP contribution is -2.30. The third-order valence-electron chi connectivity index (χ3n) is 3.07. The number of urea groups is 1. The number of benzene rings is 2. The van der Waals surface area contributed by atoms with Crippen LogP contribution in [0.2, 0.25) is 0 Å².